The fraction of sp³-hybridized carbons (Fsp3) is 0.412. The third-order valence-corrected chi connectivity index (χ3v) is 4.44. The highest BCUT2D eigenvalue weighted by molar-refractivity contribution is 5.93. The van der Waals surface area contributed by atoms with Crippen LogP contribution in [0.15, 0.2) is 30.3 Å². The van der Waals surface area contributed by atoms with Crippen molar-refractivity contribution in [3.8, 4) is 11.3 Å². The van der Waals surface area contributed by atoms with E-state index in [-0.39, 0.29) is 17.8 Å². The molecule has 1 aliphatic rings. The Morgan fingerprint density at radius 3 is 2.87 bits per heavy atom. The van der Waals surface area contributed by atoms with Gasteiger partial charge in [-0.2, -0.15) is 5.10 Å². The molecular formula is C17H21FN4O. The quantitative estimate of drug-likeness (QED) is 0.913. The number of nitrogens with zero attached hydrogens (tertiary/aromatic N) is 2. The molecule has 3 rings (SSSR count). The Morgan fingerprint density at radius 2 is 2.17 bits per heavy atom. The zero-order valence-corrected chi connectivity index (χ0v) is 13.1. The number of amides is 1. The van der Waals surface area contributed by atoms with Crippen LogP contribution in [0.2, 0.25) is 0 Å². The van der Waals surface area contributed by atoms with Crippen LogP contribution in [0.1, 0.15) is 30.3 Å². The number of aromatic nitrogens is 2. The summed E-state index contributed by atoms with van der Waals surface area (Å²) in [5, 5.41) is 6.96. The van der Waals surface area contributed by atoms with Crippen molar-refractivity contribution in [1.29, 1.82) is 0 Å². The van der Waals surface area contributed by atoms with E-state index in [9.17, 15) is 9.18 Å². The summed E-state index contributed by atoms with van der Waals surface area (Å²) < 4.78 is 13.0. The number of carbonyl (C=O) groups excluding carboxylic acids is 1. The molecule has 0 radical (unpaired) electrons. The van der Waals surface area contributed by atoms with Gasteiger partial charge in [0.1, 0.15) is 11.5 Å². The van der Waals surface area contributed by atoms with Gasteiger partial charge < -0.3 is 10.6 Å². The third-order valence-electron chi connectivity index (χ3n) is 4.44. The minimum atomic E-state index is -0.296. The Bertz CT molecular complexity index is 680. The second-order valence-electron chi connectivity index (χ2n) is 6.19. The van der Waals surface area contributed by atoms with Gasteiger partial charge in [-0.15, -0.1) is 0 Å². The molecular weight excluding hydrogens is 295 g/mol. The van der Waals surface area contributed by atoms with E-state index in [1.807, 2.05) is 11.8 Å². The van der Waals surface area contributed by atoms with Gasteiger partial charge in [0.25, 0.3) is 5.91 Å². The number of rotatable bonds is 3. The number of carbonyl (C=O) groups is 1. The van der Waals surface area contributed by atoms with Crippen molar-refractivity contribution >= 4 is 5.91 Å². The zero-order chi connectivity index (χ0) is 16.4. The summed E-state index contributed by atoms with van der Waals surface area (Å²) in [5.41, 5.74) is 7.83. The molecule has 3 N–H and O–H groups in total. The predicted octanol–water partition coefficient (Wildman–Crippen LogP) is 2.42. The molecule has 1 aliphatic heterocycles. The van der Waals surface area contributed by atoms with E-state index in [0.717, 1.165) is 24.9 Å². The average molecular weight is 316 g/mol. The maximum atomic E-state index is 13.0. The van der Waals surface area contributed by atoms with Crippen LogP contribution < -0.4 is 5.73 Å². The monoisotopic (exact) mass is 316 g/mol. The topological polar surface area (TPSA) is 75.0 Å². The molecule has 2 atom stereocenters. The van der Waals surface area contributed by atoms with Crippen molar-refractivity contribution in [2.45, 2.75) is 25.8 Å². The Kier molecular flexibility index (Phi) is 4.43. The smallest absolute Gasteiger partial charge is 0.271 e. The Hall–Kier alpha value is -2.21. The van der Waals surface area contributed by atoms with E-state index in [1.54, 1.807) is 18.2 Å². The molecule has 122 valence electrons. The molecule has 0 unspecified atom stereocenters. The largest absolute Gasteiger partial charge is 0.337 e. The van der Waals surface area contributed by atoms with Crippen LogP contribution >= 0.6 is 0 Å². The standard InChI is InChI=1S/C17H21FN4O/c1-11(19)13-3-2-8-22(10-13)17(23)16-9-15(20-21-16)12-4-6-14(18)7-5-12/h4-7,9,11,13H,2-3,8,10,19H2,1H3,(H,20,21)/t11-,13-/m0/s1. The van der Waals surface area contributed by atoms with E-state index in [1.165, 1.54) is 12.1 Å². The fourth-order valence-corrected chi connectivity index (χ4v) is 2.99. The third kappa shape index (κ3) is 3.42. The molecule has 1 saturated heterocycles. The molecule has 0 saturated carbocycles. The van der Waals surface area contributed by atoms with Gasteiger partial charge in [0.05, 0.1) is 5.69 Å². The number of nitrogens with one attached hydrogen (secondary N) is 1. The molecule has 1 amide bonds. The molecule has 2 heterocycles. The van der Waals surface area contributed by atoms with Gasteiger partial charge in [-0.1, -0.05) is 0 Å². The number of halogens is 1. The van der Waals surface area contributed by atoms with Crippen molar-refractivity contribution in [2.24, 2.45) is 11.7 Å². The van der Waals surface area contributed by atoms with E-state index in [4.69, 9.17) is 5.73 Å². The lowest BCUT2D eigenvalue weighted by molar-refractivity contribution is 0.0655. The normalized spacial score (nSPS) is 19.6. The van der Waals surface area contributed by atoms with Crippen LogP contribution in [0.5, 0.6) is 0 Å². The van der Waals surface area contributed by atoms with Gasteiger partial charge in [0.2, 0.25) is 0 Å². The van der Waals surface area contributed by atoms with E-state index >= 15 is 0 Å². The second kappa shape index (κ2) is 6.50. The van der Waals surface area contributed by atoms with Gasteiger partial charge >= 0.3 is 0 Å². The minimum Gasteiger partial charge on any atom is -0.337 e. The summed E-state index contributed by atoms with van der Waals surface area (Å²) in [7, 11) is 0. The number of benzene rings is 1. The molecule has 0 aliphatic carbocycles. The molecule has 0 spiro atoms. The van der Waals surface area contributed by atoms with Gasteiger partial charge in [0.15, 0.2) is 0 Å². The van der Waals surface area contributed by atoms with Crippen LogP contribution in [0.3, 0.4) is 0 Å². The molecule has 23 heavy (non-hydrogen) atoms. The summed E-state index contributed by atoms with van der Waals surface area (Å²) in [6.07, 6.45) is 2.03. The average Bonchev–Trinajstić information content (AvgIpc) is 3.05. The Labute approximate surface area is 134 Å². The number of likely N-dealkylation sites (tertiary alicyclic amines) is 1. The molecule has 6 heteroatoms. The van der Waals surface area contributed by atoms with Crippen molar-refractivity contribution in [1.82, 2.24) is 15.1 Å². The molecule has 1 aromatic carbocycles. The summed E-state index contributed by atoms with van der Waals surface area (Å²) in [4.78, 5) is 14.5. The van der Waals surface area contributed by atoms with Crippen molar-refractivity contribution in [3.63, 3.8) is 0 Å². The Morgan fingerprint density at radius 1 is 1.43 bits per heavy atom. The maximum absolute atomic E-state index is 13.0. The number of H-pyrrole nitrogens is 1. The molecule has 1 aromatic heterocycles. The maximum Gasteiger partial charge on any atom is 0.271 e. The number of hydrogen-bond donors (Lipinski definition) is 2. The van der Waals surface area contributed by atoms with Gasteiger partial charge in [-0.05, 0) is 56.0 Å². The fourth-order valence-electron chi connectivity index (χ4n) is 2.99. The second-order valence-corrected chi connectivity index (χ2v) is 6.19. The molecule has 0 bridgehead atoms. The highest BCUT2D eigenvalue weighted by atomic mass is 19.1. The summed E-state index contributed by atoms with van der Waals surface area (Å²) in [5.74, 6) is -0.0146. The molecule has 1 fully saturated rings. The highest BCUT2D eigenvalue weighted by Crippen LogP contribution is 2.22. The first-order valence-electron chi connectivity index (χ1n) is 7.91. The van der Waals surface area contributed by atoms with Gasteiger partial charge in [0, 0.05) is 24.7 Å². The zero-order valence-electron chi connectivity index (χ0n) is 13.1. The van der Waals surface area contributed by atoms with Gasteiger partial charge in [-0.25, -0.2) is 4.39 Å². The summed E-state index contributed by atoms with van der Waals surface area (Å²) >= 11 is 0. The molecule has 5 nitrogen and oxygen atoms in total. The summed E-state index contributed by atoms with van der Waals surface area (Å²) in [6.45, 7) is 3.41. The predicted molar refractivity (Wildman–Crippen MR) is 86.3 cm³/mol. The van der Waals surface area contributed by atoms with E-state index < -0.39 is 0 Å². The first-order valence-corrected chi connectivity index (χ1v) is 7.91. The minimum absolute atomic E-state index is 0.0591. The van der Waals surface area contributed by atoms with Crippen LogP contribution in [-0.2, 0) is 0 Å². The number of hydrogen-bond acceptors (Lipinski definition) is 3. The van der Waals surface area contributed by atoms with Crippen LogP contribution in [0.4, 0.5) is 4.39 Å². The highest BCUT2D eigenvalue weighted by Gasteiger charge is 2.27. The van der Waals surface area contributed by atoms with Gasteiger partial charge in [-0.3, -0.25) is 9.89 Å². The SMILES string of the molecule is C[C@H](N)[C@H]1CCCN(C(=O)c2cc(-c3ccc(F)cc3)n[nH]2)C1. The lowest BCUT2D eigenvalue weighted by Crippen LogP contribution is -2.45. The number of aromatic amines is 1. The Balaban J connectivity index is 1.74. The van der Waals surface area contributed by atoms with Crippen molar-refractivity contribution in [3.05, 3.63) is 41.8 Å². The van der Waals surface area contributed by atoms with Crippen LogP contribution in [0.25, 0.3) is 11.3 Å². The van der Waals surface area contributed by atoms with Crippen LogP contribution in [0, 0.1) is 11.7 Å². The van der Waals surface area contributed by atoms with E-state index in [0.29, 0.717) is 23.9 Å². The molecule has 2 aromatic rings. The lowest BCUT2D eigenvalue weighted by Gasteiger charge is -2.34. The number of nitrogens with two attached hydrogens (primary N) is 1. The first-order chi connectivity index (χ1) is 11.0. The van der Waals surface area contributed by atoms with Crippen molar-refractivity contribution in [2.75, 3.05) is 13.1 Å². The van der Waals surface area contributed by atoms with E-state index in [2.05, 4.69) is 10.2 Å². The lowest BCUT2D eigenvalue weighted by atomic mass is 9.92. The van der Waals surface area contributed by atoms with Crippen LogP contribution in [-0.4, -0.2) is 40.1 Å². The summed E-state index contributed by atoms with van der Waals surface area (Å²) in [6, 6.07) is 7.85. The first kappa shape index (κ1) is 15.7. The van der Waals surface area contributed by atoms with Crippen molar-refractivity contribution < 1.29 is 9.18 Å². The number of piperidine rings is 1.